The summed E-state index contributed by atoms with van der Waals surface area (Å²) in [6.07, 6.45) is 3.18. The van der Waals surface area contributed by atoms with E-state index in [-0.39, 0.29) is 11.3 Å². The van der Waals surface area contributed by atoms with E-state index in [1.807, 2.05) is 29.2 Å². The number of nitrogens with one attached hydrogen (secondary N) is 1. The van der Waals surface area contributed by atoms with E-state index in [9.17, 15) is 4.79 Å². The molecule has 0 aromatic heterocycles. The maximum atomic E-state index is 13.0. The number of rotatable bonds is 1. The summed E-state index contributed by atoms with van der Waals surface area (Å²) in [6, 6.07) is 14.3. The van der Waals surface area contributed by atoms with Crippen LogP contribution in [0.15, 0.2) is 42.5 Å². The van der Waals surface area contributed by atoms with Crippen molar-refractivity contribution in [3.8, 4) is 5.75 Å². The third kappa shape index (κ3) is 2.39. The first-order valence-corrected chi connectivity index (χ1v) is 9.10. The molecule has 3 aliphatic rings. The lowest BCUT2D eigenvalue weighted by molar-refractivity contribution is -0.0290. The molecule has 2 aromatic carbocycles. The fourth-order valence-electron chi connectivity index (χ4n) is 4.44. The minimum absolute atomic E-state index is 0.0896. The van der Waals surface area contributed by atoms with Gasteiger partial charge in [0.05, 0.1) is 17.9 Å². The number of hydrogen-bond donors (Lipinski definition) is 1. The number of para-hydroxylation sites is 2. The molecule has 1 fully saturated rings. The molecule has 25 heavy (non-hydrogen) atoms. The molecule has 0 saturated carbocycles. The standard InChI is InChI=1S/C21H22N2O2/c24-20(17-8-3-6-15-7-4-10-22-19(15)17)23-12-21(13-23)11-16-5-1-2-9-18(16)25-14-21/h1-3,5-6,8-9,22H,4,7,10-14H2. The molecule has 0 unspecified atom stereocenters. The number of anilines is 1. The predicted octanol–water partition coefficient (Wildman–Crippen LogP) is 3.12. The third-order valence-corrected chi connectivity index (χ3v) is 5.72. The van der Waals surface area contributed by atoms with Gasteiger partial charge in [0, 0.05) is 25.0 Å². The lowest BCUT2D eigenvalue weighted by atomic mass is 9.73. The van der Waals surface area contributed by atoms with Crippen molar-refractivity contribution in [2.45, 2.75) is 19.3 Å². The molecule has 0 atom stereocenters. The van der Waals surface area contributed by atoms with Gasteiger partial charge in [0.1, 0.15) is 5.75 Å². The van der Waals surface area contributed by atoms with Crippen molar-refractivity contribution in [1.82, 2.24) is 4.90 Å². The van der Waals surface area contributed by atoms with Crippen molar-refractivity contribution in [2.75, 3.05) is 31.6 Å². The first-order valence-electron chi connectivity index (χ1n) is 9.10. The van der Waals surface area contributed by atoms with Crippen LogP contribution in [0.4, 0.5) is 5.69 Å². The summed E-state index contributed by atoms with van der Waals surface area (Å²) >= 11 is 0. The number of aryl methyl sites for hydroxylation is 1. The molecule has 4 nitrogen and oxygen atoms in total. The molecule has 3 aliphatic heterocycles. The van der Waals surface area contributed by atoms with E-state index in [0.717, 1.165) is 55.9 Å². The molecule has 2 aromatic rings. The van der Waals surface area contributed by atoms with Gasteiger partial charge in [0.2, 0.25) is 0 Å². The maximum absolute atomic E-state index is 13.0. The van der Waals surface area contributed by atoms with Crippen LogP contribution in [0.5, 0.6) is 5.75 Å². The summed E-state index contributed by atoms with van der Waals surface area (Å²) in [4.78, 5) is 15.0. The predicted molar refractivity (Wildman–Crippen MR) is 97.2 cm³/mol. The summed E-state index contributed by atoms with van der Waals surface area (Å²) in [7, 11) is 0. The lowest BCUT2D eigenvalue weighted by Crippen LogP contribution is -2.62. The zero-order valence-electron chi connectivity index (χ0n) is 14.3. The summed E-state index contributed by atoms with van der Waals surface area (Å²) in [5.41, 5.74) is 4.49. The van der Waals surface area contributed by atoms with E-state index >= 15 is 0 Å². The third-order valence-electron chi connectivity index (χ3n) is 5.72. The average molecular weight is 334 g/mol. The molecule has 4 heteroatoms. The molecule has 1 saturated heterocycles. The fraction of sp³-hybridized carbons (Fsp3) is 0.381. The summed E-state index contributed by atoms with van der Waals surface area (Å²) in [6.45, 7) is 3.22. The quantitative estimate of drug-likeness (QED) is 0.871. The number of carbonyl (C=O) groups excluding carboxylic acids is 1. The number of hydrogen-bond acceptors (Lipinski definition) is 3. The highest BCUT2D eigenvalue weighted by Gasteiger charge is 2.48. The first kappa shape index (κ1) is 14.8. The molecule has 3 heterocycles. The zero-order chi connectivity index (χ0) is 16.9. The highest BCUT2D eigenvalue weighted by atomic mass is 16.5. The Bertz CT molecular complexity index is 840. The number of fused-ring (bicyclic) bond motifs is 2. The minimum atomic E-state index is 0.0896. The fourth-order valence-corrected chi connectivity index (χ4v) is 4.44. The van der Waals surface area contributed by atoms with Gasteiger partial charge in [-0.1, -0.05) is 30.3 Å². The molecule has 1 amide bonds. The molecular weight excluding hydrogens is 312 g/mol. The number of likely N-dealkylation sites (tertiary alicyclic amines) is 1. The van der Waals surface area contributed by atoms with E-state index in [2.05, 4.69) is 23.5 Å². The Labute approximate surface area is 147 Å². The largest absolute Gasteiger partial charge is 0.493 e. The van der Waals surface area contributed by atoms with Gasteiger partial charge < -0.3 is 15.0 Å². The number of benzene rings is 2. The van der Waals surface area contributed by atoms with Crippen LogP contribution in [0, 0.1) is 5.41 Å². The zero-order valence-corrected chi connectivity index (χ0v) is 14.3. The van der Waals surface area contributed by atoms with E-state index in [0.29, 0.717) is 6.61 Å². The highest BCUT2D eigenvalue weighted by Crippen LogP contribution is 2.42. The van der Waals surface area contributed by atoms with Crippen LogP contribution >= 0.6 is 0 Å². The van der Waals surface area contributed by atoms with Crippen LogP contribution in [0.25, 0.3) is 0 Å². The molecule has 5 rings (SSSR count). The molecule has 0 radical (unpaired) electrons. The first-order chi connectivity index (χ1) is 12.2. The van der Waals surface area contributed by atoms with Crippen molar-refractivity contribution < 1.29 is 9.53 Å². The van der Waals surface area contributed by atoms with Crippen molar-refractivity contribution in [1.29, 1.82) is 0 Å². The Kier molecular flexibility index (Phi) is 3.27. The van der Waals surface area contributed by atoms with Gasteiger partial charge in [0.25, 0.3) is 5.91 Å². The van der Waals surface area contributed by atoms with Gasteiger partial charge in [-0.15, -0.1) is 0 Å². The normalized spacial score (nSPS) is 19.9. The van der Waals surface area contributed by atoms with Gasteiger partial charge in [-0.25, -0.2) is 0 Å². The van der Waals surface area contributed by atoms with E-state index < -0.39 is 0 Å². The Morgan fingerprint density at radius 1 is 1.08 bits per heavy atom. The van der Waals surface area contributed by atoms with Crippen molar-refractivity contribution in [3.05, 3.63) is 59.2 Å². The molecule has 128 valence electrons. The summed E-state index contributed by atoms with van der Waals surface area (Å²) in [5, 5.41) is 3.43. The number of amides is 1. The Morgan fingerprint density at radius 3 is 2.84 bits per heavy atom. The molecule has 0 bridgehead atoms. The summed E-state index contributed by atoms with van der Waals surface area (Å²) < 4.78 is 5.96. The molecular formula is C21H22N2O2. The van der Waals surface area contributed by atoms with Crippen LogP contribution in [0.3, 0.4) is 0 Å². The van der Waals surface area contributed by atoms with Crippen molar-refractivity contribution in [2.24, 2.45) is 5.41 Å². The second-order valence-corrected chi connectivity index (χ2v) is 7.60. The highest BCUT2D eigenvalue weighted by molar-refractivity contribution is 6.01. The number of ether oxygens (including phenoxy) is 1. The second-order valence-electron chi connectivity index (χ2n) is 7.60. The van der Waals surface area contributed by atoms with Crippen LogP contribution in [-0.4, -0.2) is 37.0 Å². The molecule has 0 aliphatic carbocycles. The Hall–Kier alpha value is -2.49. The molecule has 1 spiro atoms. The Balaban J connectivity index is 1.34. The maximum Gasteiger partial charge on any atom is 0.256 e. The van der Waals surface area contributed by atoms with E-state index in [1.54, 1.807) is 0 Å². The van der Waals surface area contributed by atoms with Crippen LogP contribution < -0.4 is 10.1 Å². The van der Waals surface area contributed by atoms with E-state index in [1.165, 1.54) is 11.1 Å². The number of nitrogens with zero attached hydrogens (tertiary/aromatic N) is 1. The Morgan fingerprint density at radius 2 is 1.92 bits per heavy atom. The van der Waals surface area contributed by atoms with Gasteiger partial charge in [-0.3, -0.25) is 4.79 Å². The van der Waals surface area contributed by atoms with Gasteiger partial charge in [-0.2, -0.15) is 0 Å². The van der Waals surface area contributed by atoms with Crippen LogP contribution in [0.2, 0.25) is 0 Å². The van der Waals surface area contributed by atoms with Gasteiger partial charge in [-0.05, 0) is 42.5 Å². The van der Waals surface area contributed by atoms with Crippen molar-refractivity contribution >= 4 is 11.6 Å². The van der Waals surface area contributed by atoms with Gasteiger partial charge in [0.15, 0.2) is 0 Å². The number of carbonyl (C=O) groups is 1. The van der Waals surface area contributed by atoms with Crippen LogP contribution in [-0.2, 0) is 12.8 Å². The SMILES string of the molecule is O=C(c1cccc2c1NCCC2)N1CC2(COc3ccccc3C2)C1. The van der Waals surface area contributed by atoms with E-state index in [4.69, 9.17) is 4.74 Å². The topological polar surface area (TPSA) is 41.6 Å². The lowest BCUT2D eigenvalue weighted by Gasteiger charge is -2.52. The van der Waals surface area contributed by atoms with Gasteiger partial charge >= 0.3 is 0 Å². The monoisotopic (exact) mass is 334 g/mol. The minimum Gasteiger partial charge on any atom is -0.493 e. The molecule has 1 N–H and O–H groups in total. The summed E-state index contributed by atoms with van der Waals surface area (Å²) in [5.74, 6) is 1.15. The second kappa shape index (κ2) is 5.51. The smallest absolute Gasteiger partial charge is 0.256 e. The average Bonchev–Trinajstić information content (AvgIpc) is 2.64. The van der Waals surface area contributed by atoms with Crippen LogP contribution in [0.1, 0.15) is 27.9 Å². The van der Waals surface area contributed by atoms with Crippen molar-refractivity contribution in [3.63, 3.8) is 0 Å².